The second-order valence-electron chi connectivity index (χ2n) is 7.54. The Kier molecular flexibility index (Phi) is 6.39. The van der Waals surface area contributed by atoms with E-state index >= 15 is 0 Å². The fourth-order valence-electron chi connectivity index (χ4n) is 3.42. The van der Waals surface area contributed by atoms with E-state index in [-0.39, 0.29) is 18.7 Å². The Bertz CT molecular complexity index is 1380. The van der Waals surface area contributed by atoms with Crippen LogP contribution in [0.25, 0.3) is 10.9 Å². The van der Waals surface area contributed by atoms with Gasteiger partial charge in [-0.25, -0.2) is 9.59 Å². The fourth-order valence-corrected chi connectivity index (χ4v) is 3.42. The number of hydrogen-bond donors (Lipinski definition) is 1. The zero-order valence-electron chi connectivity index (χ0n) is 18.3. The third-order valence-corrected chi connectivity index (χ3v) is 5.30. The summed E-state index contributed by atoms with van der Waals surface area (Å²) in [7, 11) is 0. The van der Waals surface area contributed by atoms with Crippen LogP contribution in [-0.4, -0.2) is 27.3 Å². The highest BCUT2D eigenvalue weighted by Gasteiger charge is 2.12. The number of fused-ring (bicyclic) bond motifs is 1. The maximum absolute atomic E-state index is 12.5. The van der Waals surface area contributed by atoms with Crippen LogP contribution in [0.2, 0.25) is 0 Å². The van der Waals surface area contributed by atoms with Crippen LogP contribution in [0.1, 0.15) is 33.8 Å². The van der Waals surface area contributed by atoms with Gasteiger partial charge >= 0.3 is 11.7 Å². The molecule has 0 bridgehead atoms. The van der Waals surface area contributed by atoms with Crippen LogP contribution in [0.15, 0.2) is 62.6 Å². The molecule has 0 unspecified atom stereocenters. The minimum Gasteiger partial charge on any atom is -0.489 e. The molecule has 0 atom stereocenters. The van der Waals surface area contributed by atoms with Crippen molar-refractivity contribution < 1.29 is 18.8 Å². The van der Waals surface area contributed by atoms with Crippen molar-refractivity contribution in [3.8, 4) is 5.75 Å². The van der Waals surface area contributed by atoms with Crippen molar-refractivity contribution in [1.82, 2.24) is 14.7 Å². The van der Waals surface area contributed by atoms with Crippen molar-refractivity contribution in [1.29, 1.82) is 0 Å². The predicted molar refractivity (Wildman–Crippen MR) is 120 cm³/mol. The highest BCUT2D eigenvalue weighted by molar-refractivity contribution is 5.89. The summed E-state index contributed by atoms with van der Waals surface area (Å²) in [5, 5.41) is 4.33. The maximum atomic E-state index is 12.5. The van der Waals surface area contributed by atoms with Gasteiger partial charge in [0.25, 0.3) is 5.56 Å². The van der Waals surface area contributed by atoms with Crippen molar-refractivity contribution in [2.75, 3.05) is 6.61 Å². The molecule has 170 valence electrons. The number of aromatic amines is 1. The molecule has 2 heterocycles. The van der Waals surface area contributed by atoms with E-state index in [0.29, 0.717) is 41.0 Å². The van der Waals surface area contributed by atoms with Gasteiger partial charge in [0.1, 0.15) is 18.1 Å². The molecule has 2 aromatic heterocycles. The van der Waals surface area contributed by atoms with Gasteiger partial charge in [0.05, 0.1) is 34.3 Å². The van der Waals surface area contributed by atoms with Gasteiger partial charge in [0.15, 0.2) is 0 Å². The standard InChI is InChI=1S/C24H23N3O6/c1-15-20(16(2)33-26-15)14-32-18-10-8-17(9-11-18)23(29)31-13-5-12-27-22(28)19-6-3-4-7-21(19)25-24(27)30/h3-4,6-11H,5,12-14H2,1-2H3,(H,25,30). The molecule has 1 N–H and O–H groups in total. The molecule has 9 heteroatoms. The van der Waals surface area contributed by atoms with Crippen LogP contribution in [0.4, 0.5) is 0 Å². The number of nitrogens with one attached hydrogen (secondary N) is 1. The van der Waals surface area contributed by atoms with Crippen molar-refractivity contribution >= 4 is 16.9 Å². The largest absolute Gasteiger partial charge is 0.489 e. The third kappa shape index (κ3) is 4.87. The first-order valence-corrected chi connectivity index (χ1v) is 10.5. The zero-order valence-corrected chi connectivity index (χ0v) is 18.3. The van der Waals surface area contributed by atoms with E-state index in [2.05, 4.69) is 10.1 Å². The molecule has 33 heavy (non-hydrogen) atoms. The number of H-pyrrole nitrogens is 1. The number of benzene rings is 2. The molecule has 0 aliphatic rings. The molecule has 9 nitrogen and oxygen atoms in total. The maximum Gasteiger partial charge on any atom is 0.338 e. The smallest absolute Gasteiger partial charge is 0.338 e. The number of rotatable bonds is 8. The molecule has 0 fully saturated rings. The summed E-state index contributed by atoms with van der Waals surface area (Å²) in [6.45, 7) is 4.20. The van der Waals surface area contributed by atoms with Gasteiger partial charge in [-0.15, -0.1) is 0 Å². The van der Waals surface area contributed by atoms with Gasteiger partial charge in [-0.2, -0.15) is 0 Å². The highest BCUT2D eigenvalue weighted by atomic mass is 16.5. The average Bonchev–Trinajstić information content (AvgIpc) is 3.14. The number of carbonyl (C=O) groups excluding carboxylic acids is 1. The summed E-state index contributed by atoms with van der Waals surface area (Å²) in [6.07, 6.45) is 0.325. The Morgan fingerprint density at radius 3 is 2.58 bits per heavy atom. The van der Waals surface area contributed by atoms with Gasteiger partial charge < -0.3 is 19.0 Å². The number of aromatic nitrogens is 3. The second-order valence-corrected chi connectivity index (χ2v) is 7.54. The highest BCUT2D eigenvalue weighted by Crippen LogP contribution is 2.18. The lowest BCUT2D eigenvalue weighted by molar-refractivity contribution is 0.0495. The van der Waals surface area contributed by atoms with Gasteiger partial charge in [0.2, 0.25) is 0 Å². The van der Waals surface area contributed by atoms with Crippen molar-refractivity contribution in [2.45, 2.75) is 33.4 Å². The van der Waals surface area contributed by atoms with Crippen LogP contribution in [-0.2, 0) is 17.9 Å². The molecule has 4 aromatic rings. The van der Waals surface area contributed by atoms with E-state index in [4.69, 9.17) is 14.0 Å². The first-order valence-electron chi connectivity index (χ1n) is 10.5. The van der Waals surface area contributed by atoms with Crippen LogP contribution in [0.3, 0.4) is 0 Å². The van der Waals surface area contributed by atoms with Gasteiger partial charge in [-0.3, -0.25) is 9.36 Å². The summed E-state index contributed by atoms with van der Waals surface area (Å²) in [5.41, 5.74) is 1.68. The van der Waals surface area contributed by atoms with E-state index in [1.54, 1.807) is 48.5 Å². The number of nitrogens with zero attached hydrogens (tertiary/aromatic N) is 2. The molecular weight excluding hydrogens is 426 g/mol. The average molecular weight is 449 g/mol. The number of hydrogen-bond acceptors (Lipinski definition) is 7. The number of carbonyl (C=O) groups is 1. The number of aryl methyl sites for hydroxylation is 2. The lowest BCUT2D eigenvalue weighted by Gasteiger charge is -2.09. The number of ether oxygens (including phenoxy) is 2. The molecule has 2 aromatic carbocycles. The van der Waals surface area contributed by atoms with Crippen LogP contribution >= 0.6 is 0 Å². The summed E-state index contributed by atoms with van der Waals surface area (Å²) < 4.78 is 17.2. The van der Waals surface area contributed by atoms with Crippen molar-refractivity contribution in [2.24, 2.45) is 0 Å². The summed E-state index contributed by atoms with van der Waals surface area (Å²) in [6, 6.07) is 13.4. The molecule has 0 saturated heterocycles. The summed E-state index contributed by atoms with van der Waals surface area (Å²) >= 11 is 0. The minimum absolute atomic E-state index is 0.0713. The third-order valence-electron chi connectivity index (χ3n) is 5.30. The molecule has 4 rings (SSSR count). The molecule has 0 saturated carbocycles. The quantitative estimate of drug-likeness (QED) is 0.324. The fraction of sp³-hybridized carbons (Fsp3) is 0.250. The molecule has 0 amide bonds. The lowest BCUT2D eigenvalue weighted by Crippen LogP contribution is -2.35. The van der Waals surface area contributed by atoms with Gasteiger partial charge in [-0.05, 0) is 56.7 Å². The van der Waals surface area contributed by atoms with E-state index in [0.717, 1.165) is 15.8 Å². The van der Waals surface area contributed by atoms with Crippen LogP contribution in [0.5, 0.6) is 5.75 Å². The number of esters is 1. The Morgan fingerprint density at radius 1 is 1.09 bits per heavy atom. The van der Waals surface area contributed by atoms with Crippen molar-refractivity contribution in [3.05, 3.63) is 92.0 Å². The SMILES string of the molecule is Cc1noc(C)c1COc1ccc(C(=O)OCCCn2c(=O)[nH]c3ccccc3c2=O)cc1. The Morgan fingerprint density at radius 2 is 1.85 bits per heavy atom. The predicted octanol–water partition coefficient (Wildman–Crippen LogP) is 3.12. The van der Waals surface area contributed by atoms with Crippen LogP contribution < -0.4 is 16.0 Å². The first-order chi connectivity index (χ1) is 15.9. The molecule has 0 spiro atoms. The van der Waals surface area contributed by atoms with E-state index in [1.807, 2.05) is 13.8 Å². The molecule has 0 aliphatic heterocycles. The molecular formula is C24H23N3O6. The lowest BCUT2D eigenvalue weighted by atomic mass is 10.2. The van der Waals surface area contributed by atoms with Gasteiger partial charge in [0, 0.05) is 6.54 Å². The minimum atomic E-state index is -0.493. The van der Waals surface area contributed by atoms with Crippen LogP contribution in [0, 0.1) is 13.8 Å². The molecule has 0 aliphatic carbocycles. The Labute approximate surface area is 188 Å². The van der Waals surface area contributed by atoms with E-state index in [1.165, 1.54) is 0 Å². The summed E-state index contributed by atoms with van der Waals surface area (Å²) in [4.78, 5) is 39.7. The summed E-state index contributed by atoms with van der Waals surface area (Å²) in [5.74, 6) is 0.814. The monoisotopic (exact) mass is 449 g/mol. The normalized spacial score (nSPS) is 11.0. The van der Waals surface area contributed by atoms with Crippen molar-refractivity contribution in [3.63, 3.8) is 0 Å². The molecule has 0 radical (unpaired) electrons. The topological polar surface area (TPSA) is 116 Å². The Balaban J connectivity index is 1.29. The van der Waals surface area contributed by atoms with Gasteiger partial charge in [-0.1, -0.05) is 17.3 Å². The van der Waals surface area contributed by atoms with E-state index in [9.17, 15) is 14.4 Å². The Hall–Kier alpha value is -4.14. The first kappa shape index (κ1) is 22.1. The number of para-hydroxylation sites is 1. The second kappa shape index (κ2) is 9.56. The zero-order chi connectivity index (χ0) is 23.4. The van der Waals surface area contributed by atoms with E-state index < -0.39 is 11.7 Å².